The summed E-state index contributed by atoms with van der Waals surface area (Å²) in [6.45, 7) is 0.232. The van der Waals surface area contributed by atoms with Crippen molar-refractivity contribution in [2.75, 3.05) is 0 Å². The summed E-state index contributed by atoms with van der Waals surface area (Å²) in [6.07, 6.45) is 4.01. The predicted molar refractivity (Wildman–Crippen MR) is 64.4 cm³/mol. The highest BCUT2D eigenvalue weighted by molar-refractivity contribution is 5.97. The van der Waals surface area contributed by atoms with Crippen LogP contribution < -0.4 is 5.32 Å². The van der Waals surface area contributed by atoms with Gasteiger partial charge >= 0.3 is 5.97 Å². The zero-order valence-electron chi connectivity index (χ0n) is 9.76. The second-order valence-corrected chi connectivity index (χ2v) is 4.69. The first-order chi connectivity index (χ1) is 8.70. The Morgan fingerprint density at radius 1 is 1.39 bits per heavy atom. The van der Waals surface area contributed by atoms with Crippen LogP contribution in [0.2, 0.25) is 0 Å². The van der Waals surface area contributed by atoms with E-state index in [1.54, 1.807) is 12.2 Å². The molecule has 1 saturated heterocycles. The maximum Gasteiger partial charge on any atom is 0.336 e. The van der Waals surface area contributed by atoms with Crippen LogP contribution in [0.5, 0.6) is 0 Å². The summed E-state index contributed by atoms with van der Waals surface area (Å²) in [5.74, 6) is -0.639. The fraction of sp³-hybridized carbons (Fsp3) is 0.286. The topological polar surface area (TPSA) is 55.4 Å². The van der Waals surface area contributed by atoms with E-state index >= 15 is 0 Å². The third-order valence-electron chi connectivity index (χ3n) is 3.41. The molecule has 0 radical (unpaired) electrons. The summed E-state index contributed by atoms with van der Waals surface area (Å²) in [4.78, 5) is 23.5. The van der Waals surface area contributed by atoms with E-state index in [-0.39, 0.29) is 24.4 Å². The molecule has 1 aliphatic heterocycles. The lowest BCUT2D eigenvalue weighted by Crippen LogP contribution is -2.48. The minimum absolute atomic E-state index is 0.0887. The highest BCUT2D eigenvalue weighted by atomic mass is 16.5. The van der Waals surface area contributed by atoms with Crippen LogP contribution in [0, 0.1) is 5.92 Å². The SMILES string of the molecule is O=C1NC2(C(=O)OCc3ccccc3)C=CC1C2. The monoisotopic (exact) mass is 243 g/mol. The molecule has 1 amide bonds. The number of hydrogen-bond acceptors (Lipinski definition) is 3. The highest BCUT2D eigenvalue weighted by Crippen LogP contribution is 2.35. The summed E-state index contributed by atoms with van der Waals surface area (Å²) in [5.41, 5.74) is 0.0152. The molecular formula is C14H13NO3. The number of carbonyl (C=O) groups is 2. The number of hydrogen-bond donors (Lipinski definition) is 1. The number of esters is 1. The van der Waals surface area contributed by atoms with Crippen LogP contribution >= 0.6 is 0 Å². The lowest BCUT2D eigenvalue weighted by molar-refractivity contribution is -0.151. The van der Waals surface area contributed by atoms with Gasteiger partial charge in [0, 0.05) is 0 Å². The highest BCUT2D eigenvalue weighted by Gasteiger charge is 2.52. The van der Waals surface area contributed by atoms with E-state index in [1.165, 1.54) is 0 Å². The summed E-state index contributed by atoms with van der Waals surface area (Å²) in [5, 5.41) is 2.70. The Morgan fingerprint density at radius 3 is 2.78 bits per heavy atom. The number of nitrogens with one attached hydrogen (secondary N) is 1. The first kappa shape index (κ1) is 11.0. The third kappa shape index (κ3) is 1.70. The molecule has 0 aromatic heterocycles. The lowest BCUT2D eigenvalue weighted by atomic mass is 10.0. The molecule has 1 aliphatic carbocycles. The Kier molecular flexibility index (Phi) is 2.44. The molecule has 2 atom stereocenters. The Bertz CT molecular complexity index is 523. The van der Waals surface area contributed by atoms with Gasteiger partial charge in [0.15, 0.2) is 5.54 Å². The summed E-state index contributed by atoms with van der Waals surface area (Å²) >= 11 is 0. The number of rotatable bonds is 3. The molecule has 2 unspecified atom stereocenters. The van der Waals surface area contributed by atoms with E-state index in [0.29, 0.717) is 6.42 Å². The smallest absolute Gasteiger partial charge is 0.336 e. The van der Waals surface area contributed by atoms with Crippen molar-refractivity contribution in [1.29, 1.82) is 0 Å². The molecule has 4 heteroatoms. The van der Waals surface area contributed by atoms with Gasteiger partial charge < -0.3 is 10.1 Å². The molecule has 1 aromatic carbocycles. The lowest BCUT2D eigenvalue weighted by Gasteiger charge is -2.22. The van der Waals surface area contributed by atoms with Gasteiger partial charge in [-0.3, -0.25) is 4.79 Å². The largest absolute Gasteiger partial charge is 0.459 e. The van der Waals surface area contributed by atoms with Crippen LogP contribution in [0.25, 0.3) is 0 Å². The molecule has 1 heterocycles. The van der Waals surface area contributed by atoms with E-state index in [1.807, 2.05) is 30.3 Å². The fourth-order valence-corrected chi connectivity index (χ4v) is 2.40. The number of benzene rings is 1. The van der Waals surface area contributed by atoms with Crippen LogP contribution in [0.15, 0.2) is 42.5 Å². The number of amides is 1. The van der Waals surface area contributed by atoms with E-state index in [0.717, 1.165) is 5.56 Å². The Hall–Kier alpha value is -2.10. The molecule has 0 spiro atoms. The van der Waals surface area contributed by atoms with Crippen LogP contribution in [-0.2, 0) is 20.9 Å². The molecule has 0 saturated carbocycles. The van der Waals surface area contributed by atoms with Gasteiger partial charge in [-0.25, -0.2) is 4.79 Å². The van der Waals surface area contributed by atoms with Gasteiger partial charge in [0.25, 0.3) is 0 Å². The van der Waals surface area contributed by atoms with Gasteiger partial charge in [0.2, 0.25) is 5.91 Å². The standard InChI is InChI=1S/C14H13NO3/c16-12-11-6-7-14(8-11,15-12)13(17)18-9-10-4-2-1-3-5-10/h1-7,11H,8-9H2,(H,15,16). The third-order valence-corrected chi connectivity index (χ3v) is 3.41. The summed E-state index contributed by atoms with van der Waals surface area (Å²) < 4.78 is 5.28. The van der Waals surface area contributed by atoms with E-state index in [4.69, 9.17) is 4.74 Å². The zero-order valence-corrected chi connectivity index (χ0v) is 9.76. The summed E-state index contributed by atoms with van der Waals surface area (Å²) in [7, 11) is 0. The molecular weight excluding hydrogens is 230 g/mol. The molecule has 2 bridgehead atoms. The predicted octanol–water partition coefficient (Wildman–Crippen LogP) is 1.17. The van der Waals surface area contributed by atoms with Crippen molar-refractivity contribution in [3.05, 3.63) is 48.0 Å². The average molecular weight is 243 g/mol. The van der Waals surface area contributed by atoms with Crippen molar-refractivity contribution in [3.8, 4) is 0 Å². The fourth-order valence-electron chi connectivity index (χ4n) is 2.40. The first-order valence-electron chi connectivity index (χ1n) is 5.92. The number of fused-ring (bicyclic) bond motifs is 2. The van der Waals surface area contributed by atoms with E-state index < -0.39 is 5.54 Å². The normalized spacial score (nSPS) is 28.2. The molecule has 2 aliphatic rings. The zero-order chi connectivity index (χ0) is 12.6. The maximum absolute atomic E-state index is 12.1. The average Bonchev–Trinajstić information content (AvgIpc) is 2.96. The molecule has 1 N–H and O–H groups in total. The van der Waals surface area contributed by atoms with Crippen LogP contribution in [0.4, 0.5) is 0 Å². The van der Waals surface area contributed by atoms with Gasteiger partial charge in [0.1, 0.15) is 6.61 Å². The second-order valence-electron chi connectivity index (χ2n) is 4.69. The minimum atomic E-state index is -0.920. The maximum atomic E-state index is 12.1. The van der Waals surface area contributed by atoms with Crippen molar-refractivity contribution >= 4 is 11.9 Å². The van der Waals surface area contributed by atoms with Gasteiger partial charge in [-0.05, 0) is 12.0 Å². The first-order valence-corrected chi connectivity index (χ1v) is 5.92. The number of ether oxygens (including phenoxy) is 1. The molecule has 1 fully saturated rings. The van der Waals surface area contributed by atoms with Gasteiger partial charge in [-0.1, -0.05) is 42.5 Å². The van der Waals surface area contributed by atoms with Crippen molar-refractivity contribution < 1.29 is 14.3 Å². The number of carbonyl (C=O) groups excluding carboxylic acids is 2. The molecule has 4 nitrogen and oxygen atoms in total. The van der Waals surface area contributed by atoms with Crippen molar-refractivity contribution in [2.24, 2.45) is 5.92 Å². The summed E-state index contributed by atoms with van der Waals surface area (Å²) in [6, 6.07) is 9.48. The Morgan fingerprint density at radius 2 is 2.17 bits per heavy atom. The van der Waals surface area contributed by atoms with Crippen LogP contribution in [0.3, 0.4) is 0 Å². The van der Waals surface area contributed by atoms with Crippen molar-refractivity contribution in [2.45, 2.75) is 18.6 Å². The molecule has 92 valence electrons. The van der Waals surface area contributed by atoms with Gasteiger partial charge in [-0.2, -0.15) is 0 Å². The van der Waals surface area contributed by atoms with Crippen LogP contribution in [0.1, 0.15) is 12.0 Å². The van der Waals surface area contributed by atoms with Crippen LogP contribution in [-0.4, -0.2) is 17.4 Å². The van der Waals surface area contributed by atoms with E-state index in [9.17, 15) is 9.59 Å². The molecule has 1 aromatic rings. The van der Waals surface area contributed by atoms with Crippen molar-refractivity contribution in [1.82, 2.24) is 5.32 Å². The molecule has 18 heavy (non-hydrogen) atoms. The van der Waals surface area contributed by atoms with Gasteiger partial charge in [0.05, 0.1) is 5.92 Å². The molecule has 3 rings (SSSR count). The Labute approximate surface area is 105 Å². The quantitative estimate of drug-likeness (QED) is 0.640. The minimum Gasteiger partial charge on any atom is -0.459 e. The van der Waals surface area contributed by atoms with E-state index in [2.05, 4.69) is 5.32 Å². The second kappa shape index (κ2) is 3.98. The Balaban J connectivity index is 1.66. The van der Waals surface area contributed by atoms with Gasteiger partial charge in [-0.15, -0.1) is 0 Å². The van der Waals surface area contributed by atoms with Crippen molar-refractivity contribution in [3.63, 3.8) is 0 Å².